The van der Waals surface area contributed by atoms with E-state index in [0.717, 1.165) is 17.5 Å². The van der Waals surface area contributed by atoms with Crippen molar-refractivity contribution in [3.05, 3.63) is 47.2 Å². The fraction of sp³-hybridized carbons (Fsp3) is 0.318. The third-order valence-corrected chi connectivity index (χ3v) is 5.41. The van der Waals surface area contributed by atoms with Crippen molar-refractivity contribution in [1.29, 1.82) is 0 Å². The number of hydrogen-bond acceptors (Lipinski definition) is 8. The van der Waals surface area contributed by atoms with Crippen molar-refractivity contribution in [3.63, 3.8) is 0 Å². The highest BCUT2D eigenvalue weighted by Gasteiger charge is 2.22. The number of aromatic nitrogens is 2. The van der Waals surface area contributed by atoms with Gasteiger partial charge in [0.2, 0.25) is 11.7 Å². The van der Waals surface area contributed by atoms with Crippen molar-refractivity contribution < 1.29 is 29.0 Å². The Bertz CT molecular complexity index is 1170. The number of carbonyl (C=O) groups is 3. The molecule has 0 fully saturated rings. The van der Waals surface area contributed by atoms with Crippen LogP contribution in [0, 0.1) is 0 Å². The van der Waals surface area contributed by atoms with E-state index in [0.29, 0.717) is 17.5 Å². The number of anilines is 2. The van der Waals surface area contributed by atoms with Gasteiger partial charge in [0.05, 0.1) is 11.6 Å². The number of carboxylic acid groups (broad SMARTS) is 2. The zero-order valence-electron chi connectivity index (χ0n) is 17.9. The number of carboxylic acids is 2. The van der Waals surface area contributed by atoms with Gasteiger partial charge in [-0.1, -0.05) is 19.1 Å². The van der Waals surface area contributed by atoms with Crippen LogP contribution in [0.5, 0.6) is 0 Å². The number of nitrogens with two attached hydrogens (primary N) is 2. The van der Waals surface area contributed by atoms with Crippen LogP contribution in [0.15, 0.2) is 34.9 Å². The van der Waals surface area contributed by atoms with Crippen LogP contribution < -0.4 is 16.8 Å². The van der Waals surface area contributed by atoms with Gasteiger partial charge >= 0.3 is 11.9 Å². The maximum Gasteiger partial charge on any atom is 0.326 e. The number of amides is 1. The minimum absolute atomic E-state index is 0.0369. The highest BCUT2D eigenvalue weighted by atomic mass is 16.4. The molecule has 0 saturated heterocycles. The van der Waals surface area contributed by atoms with Crippen LogP contribution in [0.25, 0.3) is 11.1 Å². The lowest BCUT2D eigenvalue weighted by molar-refractivity contribution is -0.140. The van der Waals surface area contributed by atoms with Gasteiger partial charge in [-0.15, -0.1) is 0 Å². The summed E-state index contributed by atoms with van der Waals surface area (Å²) in [7, 11) is 0. The van der Waals surface area contributed by atoms with Crippen LogP contribution in [0.3, 0.4) is 0 Å². The number of nitrogen functional groups attached to an aromatic ring is 2. The number of furan rings is 1. The van der Waals surface area contributed by atoms with Crippen molar-refractivity contribution in [2.24, 2.45) is 0 Å². The maximum absolute atomic E-state index is 12.5. The number of rotatable bonds is 10. The first-order valence-corrected chi connectivity index (χ1v) is 10.3. The number of nitrogens with one attached hydrogen (secondary N) is 1. The second kappa shape index (κ2) is 9.98. The van der Waals surface area contributed by atoms with E-state index in [9.17, 15) is 19.5 Å². The molecule has 11 heteroatoms. The first kappa shape index (κ1) is 23.5. The highest BCUT2D eigenvalue weighted by Crippen LogP contribution is 2.31. The number of fused-ring (bicyclic) bond motifs is 1. The van der Waals surface area contributed by atoms with E-state index in [2.05, 4.69) is 15.3 Å². The summed E-state index contributed by atoms with van der Waals surface area (Å²) in [6, 6.07) is 5.53. The number of benzene rings is 1. The second-order valence-corrected chi connectivity index (χ2v) is 7.64. The fourth-order valence-corrected chi connectivity index (χ4v) is 3.63. The molecule has 33 heavy (non-hydrogen) atoms. The normalized spacial score (nSPS) is 12.9. The number of hydrogen-bond donors (Lipinski definition) is 5. The summed E-state index contributed by atoms with van der Waals surface area (Å²) >= 11 is 0. The largest absolute Gasteiger partial charge is 0.481 e. The molecule has 3 aromatic rings. The molecule has 0 aliphatic carbocycles. The van der Waals surface area contributed by atoms with Gasteiger partial charge in [0.1, 0.15) is 11.9 Å². The number of nitrogens with zero attached hydrogens (tertiary/aromatic N) is 2. The summed E-state index contributed by atoms with van der Waals surface area (Å²) in [5.74, 6) is -2.64. The lowest BCUT2D eigenvalue weighted by Gasteiger charge is -2.16. The van der Waals surface area contributed by atoms with Crippen LogP contribution >= 0.6 is 0 Å². The molecule has 1 unspecified atom stereocenters. The van der Waals surface area contributed by atoms with Crippen LogP contribution in [-0.4, -0.2) is 44.1 Å². The zero-order chi connectivity index (χ0) is 24.1. The summed E-state index contributed by atoms with van der Waals surface area (Å²) in [5, 5.41) is 21.0. The van der Waals surface area contributed by atoms with E-state index in [-0.39, 0.29) is 36.1 Å². The Morgan fingerprint density at radius 3 is 2.42 bits per heavy atom. The molecule has 0 saturated carbocycles. The van der Waals surface area contributed by atoms with Crippen molar-refractivity contribution in [1.82, 2.24) is 15.3 Å². The molecular weight excluding hydrogens is 430 g/mol. The molecule has 0 bridgehead atoms. The second-order valence-electron chi connectivity index (χ2n) is 7.64. The SMILES string of the molecule is CCC(Cc1coc2nc(N)nc(N)c12)c1ccc(C(=O)N[C@@H](CCC(=O)O)C(=O)O)cc1. The molecule has 2 heterocycles. The van der Waals surface area contributed by atoms with E-state index < -0.39 is 23.9 Å². The van der Waals surface area contributed by atoms with E-state index in [1.807, 2.05) is 6.92 Å². The van der Waals surface area contributed by atoms with E-state index in [4.69, 9.17) is 21.0 Å². The molecule has 11 nitrogen and oxygen atoms in total. The van der Waals surface area contributed by atoms with Gasteiger partial charge in [0, 0.05) is 17.5 Å². The monoisotopic (exact) mass is 455 g/mol. The maximum atomic E-state index is 12.5. The Morgan fingerprint density at radius 1 is 1.12 bits per heavy atom. The molecule has 0 spiro atoms. The van der Waals surface area contributed by atoms with E-state index in [1.165, 1.54) is 0 Å². The molecule has 7 N–H and O–H groups in total. The molecule has 174 valence electrons. The van der Waals surface area contributed by atoms with Crippen molar-refractivity contribution in [2.45, 2.75) is 44.6 Å². The van der Waals surface area contributed by atoms with Crippen molar-refractivity contribution >= 4 is 40.7 Å². The molecule has 0 aliphatic heterocycles. The Labute approximate surface area is 188 Å². The average molecular weight is 455 g/mol. The Morgan fingerprint density at radius 2 is 1.82 bits per heavy atom. The Hall–Kier alpha value is -4.15. The molecule has 2 atom stereocenters. The molecule has 0 radical (unpaired) electrons. The minimum atomic E-state index is -1.29. The van der Waals surface area contributed by atoms with Gasteiger partial charge in [-0.3, -0.25) is 9.59 Å². The fourth-order valence-electron chi connectivity index (χ4n) is 3.63. The first-order chi connectivity index (χ1) is 15.7. The quantitative estimate of drug-likeness (QED) is 0.302. The van der Waals surface area contributed by atoms with Gasteiger partial charge in [0.25, 0.3) is 5.91 Å². The molecule has 1 amide bonds. The van der Waals surface area contributed by atoms with Crippen LogP contribution in [-0.2, 0) is 16.0 Å². The summed E-state index contributed by atoms with van der Waals surface area (Å²) in [6.07, 6.45) is 2.42. The first-order valence-electron chi connectivity index (χ1n) is 10.3. The standard InChI is InChI=1S/C22H25N5O6/c1-2-11(9-14-10-33-20-17(14)18(23)26-22(24)27-20)12-3-5-13(6-4-12)19(30)25-15(21(31)32)7-8-16(28)29/h3-6,10-11,15H,2,7-9H2,1H3,(H,25,30)(H,28,29)(H,31,32)(H4,23,24,26,27)/t11?,15-/m0/s1. The Balaban J connectivity index is 1.73. The van der Waals surface area contributed by atoms with Crippen LogP contribution in [0.2, 0.25) is 0 Å². The summed E-state index contributed by atoms with van der Waals surface area (Å²) in [6.45, 7) is 2.03. The molecule has 3 rings (SSSR count). The topological polar surface area (TPSA) is 195 Å². The summed E-state index contributed by atoms with van der Waals surface area (Å²) in [4.78, 5) is 42.5. The van der Waals surface area contributed by atoms with Gasteiger partial charge in [-0.05, 0) is 42.9 Å². The third kappa shape index (κ3) is 5.56. The third-order valence-electron chi connectivity index (χ3n) is 5.41. The lowest BCUT2D eigenvalue weighted by Crippen LogP contribution is -2.41. The van der Waals surface area contributed by atoms with Crippen LogP contribution in [0.1, 0.15) is 53.6 Å². The van der Waals surface area contributed by atoms with Gasteiger partial charge < -0.3 is 31.4 Å². The van der Waals surface area contributed by atoms with Gasteiger partial charge in [0.15, 0.2) is 0 Å². The average Bonchev–Trinajstić information content (AvgIpc) is 3.17. The number of aliphatic carboxylic acids is 2. The van der Waals surface area contributed by atoms with Crippen molar-refractivity contribution in [3.8, 4) is 0 Å². The van der Waals surface area contributed by atoms with E-state index in [1.54, 1.807) is 30.5 Å². The highest BCUT2D eigenvalue weighted by molar-refractivity contribution is 5.96. The van der Waals surface area contributed by atoms with Crippen molar-refractivity contribution in [2.75, 3.05) is 11.5 Å². The molecule has 1 aromatic carbocycles. The van der Waals surface area contributed by atoms with Crippen LogP contribution in [0.4, 0.5) is 11.8 Å². The zero-order valence-corrected chi connectivity index (χ0v) is 17.9. The van der Waals surface area contributed by atoms with Gasteiger partial charge in [-0.2, -0.15) is 9.97 Å². The molecule has 0 aliphatic rings. The minimum Gasteiger partial charge on any atom is -0.481 e. The predicted octanol–water partition coefficient (Wildman–Crippen LogP) is 2.17. The lowest BCUT2D eigenvalue weighted by atomic mass is 9.89. The van der Waals surface area contributed by atoms with Gasteiger partial charge in [-0.25, -0.2) is 4.79 Å². The summed E-state index contributed by atoms with van der Waals surface area (Å²) < 4.78 is 5.48. The summed E-state index contributed by atoms with van der Waals surface area (Å²) in [5.41, 5.74) is 14.0. The predicted molar refractivity (Wildman–Crippen MR) is 120 cm³/mol. The molecular formula is C22H25N5O6. The Kier molecular flexibility index (Phi) is 7.11. The van der Waals surface area contributed by atoms with E-state index >= 15 is 0 Å². The molecule has 2 aromatic heterocycles. The smallest absolute Gasteiger partial charge is 0.326 e. The number of carbonyl (C=O) groups excluding carboxylic acids is 1.